The second-order valence-corrected chi connectivity index (χ2v) is 7.52. The van der Waals surface area contributed by atoms with Gasteiger partial charge in [-0.2, -0.15) is 0 Å². The van der Waals surface area contributed by atoms with Crippen molar-refractivity contribution in [3.05, 3.63) is 75.7 Å². The number of nitrogens with zero attached hydrogens (tertiary/aromatic N) is 2. The van der Waals surface area contributed by atoms with E-state index in [0.29, 0.717) is 42.0 Å². The van der Waals surface area contributed by atoms with Crippen LogP contribution in [-0.2, 0) is 17.8 Å². The molecule has 152 valence electrons. The van der Waals surface area contributed by atoms with Gasteiger partial charge in [0.25, 0.3) is 0 Å². The number of benzene rings is 2. The highest BCUT2D eigenvalue weighted by molar-refractivity contribution is 7.99. The minimum Gasteiger partial charge on any atom is -0.492 e. The first-order valence-corrected chi connectivity index (χ1v) is 10.4. The fourth-order valence-corrected chi connectivity index (χ4v) is 3.50. The Morgan fingerprint density at radius 1 is 1.17 bits per heavy atom. The molecular weight excluding hydrogens is 412 g/mol. The van der Waals surface area contributed by atoms with E-state index in [0.717, 1.165) is 5.56 Å². The van der Waals surface area contributed by atoms with Gasteiger partial charge in [0.2, 0.25) is 5.91 Å². The Kier molecular flexibility index (Phi) is 7.77. The van der Waals surface area contributed by atoms with Gasteiger partial charge in [0, 0.05) is 11.6 Å². The van der Waals surface area contributed by atoms with Gasteiger partial charge in [-0.15, -0.1) is 5.10 Å². The first-order valence-electron chi connectivity index (χ1n) is 9.09. The monoisotopic (exact) mass is 432 g/mol. The molecule has 0 aliphatic heterocycles. The number of aromatic nitrogens is 3. The molecule has 2 aromatic carbocycles. The summed E-state index contributed by atoms with van der Waals surface area (Å²) in [6, 6.07) is 16.9. The number of thioether (sulfide) groups is 1. The van der Waals surface area contributed by atoms with Crippen LogP contribution in [-0.4, -0.2) is 39.6 Å². The average molecular weight is 433 g/mol. The quantitative estimate of drug-likeness (QED) is 0.380. The fraction of sp³-hybridized carbons (Fsp3) is 0.250. The van der Waals surface area contributed by atoms with Crippen LogP contribution in [0.25, 0.3) is 0 Å². The summed E-state index contributed by atoms with van der Waals surface area (Å²) in [6.07, 6.45) is 0.710. The van der Waals surface area contributed by atoms with E-state index in [-0.39, 0.29) is 17.3 Å². The lowest BCUT2D eigenvalue weighted by molar-refractivity contribution is -0.118. The Morgan fingerprint density at radius 3 is 2.69 bits per heavy atom. The molecule has 2 N–H and O–H groups in total. The fourth-order valence-electron chi connectivity index (χ4n) is 2.57. The Morgan fingerprint density at radius 2 is 1.93 bits per heavy atom. The number of aromatic amines is 1. The third-order valence-electron chi connectivity index (χ3n) is 4.03. The predicted molar refractivity (Wildman–Crippen MR) is 114 cm³/mol. The van der Waals surface area contributed by atoms with Crippen molar-refractivity contribution in [2.75, 3.05) is 18.9 Å². The topological polar surface area (TPSA) is 89.0 Å². The summed E-state index contributed by atoms with van der Waals surface area (Å²) < 4.78 is 7.08. The van der Waals surface area contributed by atoms with Crippen molar-refractivity contribution < 1.29 is 9.53 Å². The summed E-state index contributed by atoms with van der Waals surface area (Å²) in [6.45, 7) is 1.23. The average Bonchev–Trinajstić information content (AvgIpc) is 3.09. The van der Waals surface area contributed by atoms with Crippen LogP contribution in [0.1, 0.15) is 5.56 Å². The Bertz CT molecular complexity index is 973. The summed E-state index contributed by atoms with van der Waals surface area (Å²) >= 11 is 7.04. The van der Waals surface area contributed by atoms with Crippen LogP contribution in [0.4, 0.5) is 0 Å². The third kappa shape index (κ3) is 6.69. The summed E-state index contributed by atoms with van der Waals surface area (Å²) in [5.41, 5.74) is 0.857. The SMILES string of the molecule is O=C(CSc1n[nH]c(=O)n1CCc1ccccc1)NCCOc1ccc(Cl)cc1. The minimum atomic E-state index is -0.278. The molecule has 3 aromatic rings. The molecule has 1 heterocycles. The van der Waals surface area contributed by atoms with Crippen molar-refractivity contribution in [3.63, 3.8) is 0 Å². The van der Waals surface area contributed by atoms with Gasteiger partial charge in [-0.25, -0.2) is 9.89 Å². The number of hydrogen-bond acceptors (Lipinski definition) is 5. The molecule has 0 atom stereocenters. The highest BCUT2D eigenvalue weighted by Gasteiger charge is 2.11. The molecule has 0 saturated carbocycles. The van der Waals surface area contributed by atoms with Crippen LogP contribution in [0.3, 0.4) is 0 Å². The lowest BCUT2D eigenvalue weighted by Gasteiger charge is -2.08. The molecular formula is C20H21ClN4O3S. The number of halogens is 1. The molecule has 0 radical (unpaired) electrons. The predicted octanol–water partition coefficient (Wildman–Crippen LogP) is 2.75. The van der Waals surface area contributed by atoms with E-state index >= 15 is 0 Å². The van der Waals surface area contributed by atoms with E-state index in [9.17, 15) is 9.59 Å². The Labute approximate surface area is 177 Å². The molecule has 1 amide bonds. The minimum absolute atomic E-state index is 0.153. The van der Waals surface area contributed by atoms with Gasteiger partial charge in [-0.3, -0.25) is 9.36 Å². The van der Waals surface area contributed by atoms with Crippen molar-refractivity contribution in [2.45, 2.75) is 18.1 Å². The van der Waals surface area contributed by atoms with E-state index in [4.69, 9.17) is 16.3 Å². The van der Waals surface area contributed by atoms with Gasteiger partial charge in [-0.05, 0) is 36.2 Å². The van der Waals surface area contributed by atoms with Crippen molar-refractivity contribution in [1.82, 2.24) is 20.1 Å². The molecule has 0 saturated heterocycles. The van der Waals surface area contributed by atoms with Crippen molar-refractivity contribution in [3.8, 4) is 5.75 Å². The zero-order valence-corrected chi connectivity index (χ0v) is 17.2. The summed E-state index contributed by atoms with van der Waals surface area (Å²) in [5, 5.41) is 10.4. The zero-order valence-electron chi connectivity index (χ0n) is 15.6. The van der Waals surface area contributed by atoms with E-state index in [2.05, 4.69) is 15.5 Å². The van der Waals surface area contributed by atoms with Crippen LogP contribution in [0.15, 0.2) is 64.5 Å². The maximum Gasteiger partial charge on any atom is 0.343 e. The maximum absolute atomic E-state index is 12.0. The number of H-pyrrole nitrogens is 1. The third-order valence-corrected chi connectivity index (χ3v) is 5.26. The number of rotatable bonds is 10. The number of nitrogens with one attached hydrogen (secondary N) is 2. The van der Waals surface area contributed by atoms with Crippen molar-refractivity contribution >= 4 is 29.3 Å². The van der Waals surface area contributed by atoms with Crippen LogP contribution in [0, 0.1) is 0 Å². The molecule has 0 bridgehead atoms. The normalized spacial score (nSPS) is 10.7. The van der Waals surface area contributed by atoms with Gasteiger partial charge >= 0.3 is 5.69 Å². The van der Waals surface area contributed by atoms with E-state index in [1.807, 2.05) is 30.3 Å². The molecule has 1 aromatic heterocycles. The number of carbonyl (C=O) groups is 1. The molecule has 0 fully saturated rings. The highest BCUT2D eigenvalue weighted by atomic mass is 35.5. The van der Waals surface area contributed by atoms with Crippen LogP contribution in [0.2, 0.25) is 5.02 Å². The number of amides is 1. The first-order chi connectivity index (χ1) is 14.1. The van der Waals surface area contributed by atoms with E-state index in [1.165, 1.54) is 11.8 Å². The first kappa shape index (κ1) is 21.0. The summed E-state index contributed by atoms with van der Waals surface area (Å²) in [7, 11) is 0. The lowest BCUT2D eigenvalue weighted by atomic mass is 10.1. The van der Waals surface area contributed by atoms with Crippen molar-refractivity contribution in [2.24, 2.45) is 0 Å². The second kappa shape index (κ2) is 10.7. The second-order valence-electron chi connectivity index (χ2n) is 6.14. The molecule has 3 rings (SSSR count). The molecule has 7 nitrogen and oxygen atoms in total. The van der Waals surface area contributed by atoms with Crippen LogP contribution < -0.4 is 15.7 Å². The largest absolute Gasteiger partial charge is 0.492 e. The van der Waals surface area contributed by atoms with Gasteiger partial charge in [0.05, 0.1) is 12.3 Å². The zero-order chi connectivity index (χ0) is 20.5. The molecule has 0 aliphatic rings. The van der Waals surface area contributed by atoms with Gasteiger partial charge in [0.15, 0.2) is 5.16 Å². The number of aryl methyl sites for hydroxylation is 1. The smallest absolute Gasteiger partial charge is 0.343 e. The summed E-state index contributed by atoms with van der Waals surface area (Å²) in [5.74, 6) is 0.702. The number of carbonyl (C=O) groups excluding carboxylic acids is 1. The molecule has 9 heteroatoms. The van der Waals surface area contributed by atoms with E-state index in [1.54, 1.807) is 28.8 Å². The Balaban J connectivity index is 1.40. The van der Waals surface area contributed by atoms with Gasteiger partial charge < -0.3 is 10.1 Å². The maximum atomic E-state index is 12.0. The molecule has 29 heavy (non-hydrogen) atoms. The summed E-state index contributed by atoms with van der Waals surface area (Å²) in [4.78, 5) is 24.0. The number of hydrogen-bond donors (Lipinski definition) is 2. The van der Waals surface area contributed by atoms with Gasteiger partial charge in [-0.1, -0.05) is 53.7 Å². The highest BCUT2D eigenvalue weighted by Crippen LogP contribution is 2.15. The van der Waals surface area contributed by atoms with Crippen LogP contribution >= 0.6 is 23.4 Å². The lowest BCUT2D eigenvalue weighted by Crippen LogP contribution is -2.29. The molecule has 0 aliphatic carbocycles. The number of ether oxygens (including phenoxy) is 1. The molecule has 0 unspecified atom stereocenters. The van der Waals surface area contributed by atoms with E-state index < -0.39 is 0 Å². The van der Waals surface area contributed by atoms with Gasteiger partial charge in [0.1, 0.15) is 12.4 Å². The molecule has 0 spiro atoms. The van der Waals surface area contributed by atoms with Crippen molar-refractivity contribution in [1.29, 1.82) is 0 Å². The van der Waals surface area contributed by atoms with Crippen LogP contribution in [0.5, 0.6) is 5.75 Å². The standard InChI is InChI=1S/C20H21ClN4O3S/c21-16-6-8-17(9-7-16)28-13-11-22-18(26)14-29-20-24-23-19(27)25(20)12-10-15-4-2-1-3-5-15/h1-9H,10-14H2,(H,22,26)(H,23,27). The Hall–Kier alpha value is -2.71.